The molecule has 1 saturated carbocycles. The van der Waals surface area contributed by atoms with Gasteiger partial charge in [-0.15, -0.1) is 10.2 Å². The highest BCUT2D eigenvalue weighted by Gasteiger charge is 2.32. The zero-order valence-corrected chi connectivity index (χ0v) is 16.8. The molecule has 150 valence electrons. The van der Waals surface area contributed by atoms with Gasteiger partial charge in [-0.05, 0) is 48.6 Å². The third kappa shape index (κ3) is 3.86. The maximum absolute atomic E-state index is 12.0. The maximum Gasteiger partial charge on any atom is 0.271 e. The van der Waals surface area contributed by atoms with Crippen molar-refractivity contribution in [2.75, 3.05) is 11.4 Å². The van der Waals surface area contributed by atoms with Crippen LogP contribution in [-0.2, 0) is 16.8 Å². The molecule has 0 bridgehead atoms. The smallest absolute Gasteiger partial charge is 0.271 e. The fraction of sp³-hybridized carbons (Fsp3) is 0.286. The van der Waals surface area contributed by atoms with Crippen molar-refractivity contribution in [2.45, 2.75) is 31.6 Å². The van der Waals surface area contributed by atoms with Crippen LogP contribution >= 0.6 is 0 Å². The van der Waals surface area contributed by atoms with E-state index < -0.39 is 17.0 Å². The van der Waals surface area contributed by atoms with E-state index in [1.165, 1.54) is 0 Å². The minimum atomic E-state index is -2.18. The van der Waals surface area contributed by atoms with Crippen molar-refractivity contribution in [1.82, 2.24) is 10.2 Å². The Hall–Kier alpha value is -2.84. The van der Waals surface area contributed by atoms with E-state index in [0.717, 1.165) is 47.2 Å². The first-order chi connectivity index (χ1) is 14.0. The van der Waals surface area contributed by atoms with Crippen molar-refractivity contribution in [3.05, 3.63) is 53.7 Å². The molecule has 3 aromatic rings. The Morgan fingerprint density at radius 1 is 1.24 bits per heavy atom. The average Bonchev–Trinajstić information content (AvgIpc) is 3.53. The fourth-order valence-corrected chi connectivity index (χ4v) is 4.26. The molecule has 0 saturated heterocycles. The third-order valence-corrected chi connectivity index (χ3v) is 5.73. The van der Waals surface area contributed by atoms with Crippen molar-refractivity contribution in [2.24, 2.45) is 5.73 Å². The SMILES string of the molecule is CCN(c1c(C(N)=O)nnc2cc(-c3ccccc3CS(=O)[O-])ccc12)C1CC1. The summed E-state index contributed by atoms with van der Waals surface area (Å²) < 4.78 is 22.4. The molecule has 2 N–H and O–H groups in total. The molecule has 0 spiro atoms. The van der Waals surface area contributed by atoms with Crippen molar-refractivity contribution in [3.63, 3.8) is 0 Å². The van der Waals surface area contributed by atoms with Crippen LogP contribution < -0.4 is 10.6 Å². The van der Waals surface area contributed by atoms with E-state index in [1.54, 1.807) is 6.07 Å². The van der Waals surface area contributed by atoms with E-state index in [4.69, 9.17) is 5.73 Å². The van der Waals surface area contributed by atoms with Gasteiger partial charge in [-0.1, -0.05) is 41.4 Å². The van der Waals surface area contributed by atoms with Crippen LogP contribution in [-0.4, -0.2) is 37.5 Å². The number of aromatic nitrogens is 2. The lowest BCUT2D eigenvalue weighted by atomic mass is 9.98. The number of fused-ring (bicyclic) bond motifs is 1. The van der Waals surface area contributed by atoms with Crippen molar-refractivity contribution < 1.29 is 13.6 Å². The first-order valence-corrected chi connectivity index (χ1v) is 10.7. The van der Waals surface area contributed by atoms with Crippen LogP contribution in [0.2, 0.25) is 0 Å². The monoisotopic (exact) mass is 409 g/mol. The quantitative estimate of drug-likeness (QED) is 0.601. The number of hydrogen-bond acceptors (Lipinski definition) is 6. The Bertz CT molecular complexity index is 1110. The van der Waals surface area contributed by atoms with Crippen LogP contribution in [0.3, 0.4) is 0 Å². The predicted molar refractivity (Wildman–Crippen MR) is 112 cm³/mol. The Morgan fingerprint density at radius 2 is 2.00 bits per heavy atom. The molecule has 1 aliphatic rings. The molecule has 4 rings (SSSR count). The topological polar surface area (TPSA) is 112 Å². The summed E-state index contributed by atoms with van der Waals surface area (Å²) in [6.07, 6.45) is 2.15. The molecule has 1 heterocycles. The molecule has 7 nitrogen and oxygen atoms in total. The molecular formula is C21H21N4O3S-. The summed E-state index contributed by atoms with van der Waals surface area (Å²) in [6.45, 7) is 2.79. The third-order valence-electron chi connectivity index (χ3n) is 5.19. The van der Waals surface area contributed by atoms with Crippen molar-refractivity contribution in [3.8, 4) is 11.1 Å². The van der Waals surface area contributed by atoms with Gasteiger partial charge < -0.3 is 15.2 Å². The maximum atomic E-state index is 12.0. The summed E-state index contributed by atoms with van der Waals surface area (Å²) in [7, 11) is 0. The number of hydrogen-bond donors (Lipinski definition) is 1. The molecule has 1 aliphatic carbocycles. The van der Waals surface area contributed by atoms with E-state index in [0.29, 0.717) is 11.6 Å². The van der Waals surface area contributed by atoms with E-state index in [-0.39, 0.29) is 11.4 Å². The molecule has 1 fully saturated rings. The van der Waals surface area contributed by atoms with Crippen molar-refractivity contribution in [1.29, 1.82) is 0 Å². The van der Waals surface area contributed by atoms with Crippen LogP contribution in [0.1, 0.15) is 35.8 Å². The summed E-state index contributed by atoms with van der Waals surface area (Å²) in [5.74, 6) is -0.655. The molecule has 1 unspecified atom stereocenters. The van der Waals surface area contributed by atoms with Gasteiger partial charge in [-0.3, -0.25) is 9.00 Å². The number of primary amides is 1. The number of nitrogens with two attached hydrogens (primary N) is 1. The van der Waals surface area contributed by atoms with Gasteiger partial charge in [0.25, 0.3) is 5.91 Å². The molecule has 0 radical (unpaired) electrons. The Labute approximate surface area is 171 Å². The van der Waals surface area contributed by atoms with E-state index >= 15 is 0 Å². The highest BCUT2D eigenvalue weighted by atomic mass is 32.2. The Balaban J connectivity index is 1.87. The lowest BCUT2D eigenvalue weighted by Crippen LogP contribution is -2.29. The summed E-state index contributed by atoms with van der Waals surface area (Å²) in [4.78, 5) is 14.2. The second-order valence-electron chi connectivity index (χ2n) is 7.12. The lowest BCUT2D eigenvalue weighted by molar-refractivity contribution is 0.0995. The van der Waals surface area contributed by atoms with E-state index in [2.05, 4.69) is 15.1 Å². The number of anilines is 1. The van der Waals surface area contributed by atoms with Crippen molar-refractivity contribution >= 4 is 33.6 Å². The van der Waals surface area contributed by atoms with Gasteiger partial charge in [-0.25, -0.2) is 0 Å². The zero-order chi connectivity index (χ0) is 20.5. The molecule has 8 heteroatoms. The van der Waals surface area contributed by atoms with Gasteiger partial charge in [0.05, 0.1) is 11.2 Å². The number of carbonyl (C=O) groups is 1. The minimum absolute atomic E-state index is 0.0585. The van der Waals surface area contributed by atoms with Crippen LogP contribution in [0.4, 0.5) is 5.69 Å². The number of amides is 1. The standard InChI is InChI=1S/C21H22N4O3S/c1-2-25(15-8-9-15)20-17-10-7-13(11-18(17)23-24-19(20)21(22)26)16-6-4-3-5-14(16)12-29(27)28/h3-7,10-11,15H,2,8-9,12H2,1H3,(H2,22,26)(H,27,28)/p-1. The lowest BCUT2D eigenvalue weighted by Gasteiger charge is -2.25. The molecular weight excluding hydrogens is 388 g/mol. The number of benzene rings is 2. The molecule has 1 amide bonds. The first kappa shape index (κ1) is 19.5. The van der Waals surface area contributed by atoms with Crippen LogP contribution in [0, 0.1) is 0 Å². The normalized spacial score (nSPS) is 14.7. The number of nitrogens with zero attached hydrogens (tertiary/aromatic N) is 3. The second kappa shape index (κ2) is 7.88. The summed E-state index contributed by atoms with van der Waals surface area (Å²) in [6, 6.07) is 13.5. The van der Waals surface area contributed by atoms with Crippen LogP contribution in [0.5, 0.6) is 0 Å². The molecule has 1 atom stereocenters. The number of rotatable bonds is 7. The van der Waals surface area contributed by atoms with Gasteiger partial charge in [0.15, 0.2) is 5.69 Å². The first-order valence-electron chi connectivity index (χ1n) is 9.50. The molecule has 29 heavy (non-hydrogen) atoms. The molecule has 0 aliphatic heterocycles. The van der Waals surface area contributed by atoms with Crippen LogP contribution in [0.15, 0.2) is 42.5 Å². The average molecular weight is 409 g/mol. The zero-order valence-electron chi connectivity index (χ0n) is 16.0. The Morgan fingerprint density at radius 3 is 2.66 bits per heavy atom. The van der Waals surface area contributed by atoms with E-state index in [1.807, 2.05) is 43.3 Å². The minimum Gasteiger partial charge on any atom is -0.772 e. The highest BCUT2D eigenvalue weighted by Crippen LogP contribution is 2.38. The Kier molecular flexibility index (Phi) is 5.29. The predicted octanol–water partition coefficient (Wildman–Crippen LogP) is 2.76. The molecule has 2 aromatic carbocycles. The van der Waals surface area contributed by atoms with E-state index in [9.17, 15) is 13.6 Å². The fourth-order valence-electron chi connectivity index (χ4n) is 3.76. The van der Waals surface area contributed by atoms with Gasteiger partial charge >= 0.3 is 0 Å². The van der Waals surface area contributed by atoms with Gasteiger partial charge in [0, 0.05) is 23.7 Å². The summed E-state index contributed by atoms with van der Waals surface area (Å²) in [5.41, 5.74) is 9.52. The van der Waals surface area contributed by atoms with Gasteiger partial charge in [0.1, 0.15) is 0 Å². The van der Waals surface area contributed by atoms with Crippen LogP contribution in [0.25, 0.3) is 22.0 Å². The molecule has 1 aromatic heterocycles. The number of carbonyl (C=O) groups excluding carboxylic acids is 1. The van der Waals surface area contributed by atoms with Gasteiger partial charge in [-0.2, -0.15) is 0 Å². The highest BCUT2D eigenvalue weighted by molar-refractivity contribution is 7.78. The second-order valence-corrected chi connectivity index (χ2v) is 8.01. The van der Waals surface area contributed by atoms with Gasteiger partial charge in [0.2, 0.25) is 0 Å². The largest absolute Gasteiger partial charge is 0.772 e. The summed E-state index contributed by atoms with van der Waals surface area (Å²) in [5, 5.41) is 9.18. The summed E-state index contributed by atoms with van der Waals surface area (Å²) >= 11 is -2.18.